The lowest BCUT2D eigenvalue weighted by Crippen LogP contribution is -2.24. The maximum atomic E-state index is 12.6. The molecule has 0 fully saturated rings. The summed E-state index contributed by atoms with van der Waals surface area (Å²) in [7, 11) is 1.79. The van der Waals surface area contributed by atoms with Gasteiger partial charge in [-0.2, -0.15) is 5.10 Å². The fraction of sp³-hybridized carbons (Fsp3) is 0.0952. The monoisotopic (exact) mass is 389 g/mol. The third-order valence-electron chi connectivity index (χ3n) is 4.41. The minimum absolute atomic E-state index is 0.211. The average Bonchev–Trinajstić information content (AvgIpc) is 3.48. The smallest absolute Gasteiger partial charge is 0.291 e. The van der Waals surface area contributed by atoms with E-state index in [9.17, 15) is 9.59 Å². The molecule has 0 bridgehead atoms. The van der Waals surface area contributed by atoms with Crippen LogP contribution in [0.5, 0.6) is 0 Å². The molecule has 29 heavy (non-hydrogen) atoms. The first-order valence-corrected chi connectivity index (χ1v) is 8.99. The molecule has 8 heteroatoms. The molecule has 1 aromatic carbocycles. The summed E-state index contributed by atoms with van der Waals surface area (Å²) < 4.78 is 8.57. The molecular formula is C21H19N5O3. The molecule has 0 atom stereocenters. The zero-order valence-electron chi connectivity index (χ0n) is 15.7. The summed E-state index contributed by atoms with van der Waals surface area (Å²) in [5.74, 6) is 0.418. The Hall–Kier alpha value is -4.07. The fourth-order valence-electron chi connectivity index (χ4n) is 2.96. The molecule has 0 spiro atoms. The third kappa shape index (κ3) is 3.96. The maximum Gasteiger partial charge on any atom is 0.291 e. The molecule has 0 unspecified atom stereocenters. The van der Waals surface area contributed by atoms with E-state index in [1.807, 2.05) is 41.2 Å². The number of benzene rings is 1. The van der Waals surface area contributed by atoms with Crippen LogP contribution in [-0.4, -0.2) is 26.2 Å². The highest BCUT2D eigenvalue weighted by atomic mass is 16.3. The van der Waals surface area contributed by atoms with Crippen molar-refractivity contribution < 1.29 is 14.0 Å². The highest BCUT2D eigenvalue weighted by Gasteiger charge is 2.17. The Kier molecular flexibility index (Phi) is 4.98. The number of hydrogen-bond donors (Lipinski definition) is 2. The zero-order chi connectivity index (χ0) is 20.2. The van der Waals surface area contributed by atoms with E-state index in [1.54, 1.807) is 42.2 Å². The van der Waals surface area contributed by atoms with Gasteiger partial charge in [-0.3, -0.25) is 14.3 Å². The first kappa shape index (κ1) is 18.3. The van der Waals surface area contributed by atoms with Crippen LogP contribution in [0.15, 0.2) is 77.8 Å². The molecule has 4 rings (SSSR count). The standard InChI is InChI=1S/C21H19N5O3/c1-25-21(26-10-2-3-11-26)17(14-23-25)19(27)22-13-15-6-8-16(9-7-15)24-20(28)18-5-4-12-29-18/h2-12,14H,13H2,1H3,(H,22,27)(H,24,28). The fourth-order valence-corrected chi connectivity index (χ4v) is 2.96. The van der Waals surface area contributed by atoms with Crippen LogP contribution in [0.3, 0.4) is 0 Å². The number of furan rings is 1. The van der Waals surface area contributed by atoms with Gasteiger partial charge in [-0.1, -0.05) is 12.1 Å². The topological polar surface area (TPSA) is 94.1 Å². The van der Waals surface area contributed by atoms with E-state index in [2.05, 4.69) is 15.7 Å². The molecular weight excluding hydrogens is 370 g/mol. The molecule has 146 valence electrons. The van der Waals surface area contributed by atoms with Crippen molar-refractivity contribution in [2.45, 2.75) is 6.54 Å². The van der Waals surface area contributed by atoms with Crippen molar-refractivity contribution >= 4 is 17.5 Å². The lowest BCUT2D eigenvalue weighted by Gasteiger charge is -2.09. The molecule has 0 saturated carbocycles. The number of aromatic nitrogens is 3. The van der Waals surface area contributed by atoms with Crippen LogP contribution in [0.25, 0.3) is 5.82 Å². The van der Waals surface area contributed by atoms with E-state index < -0.39 is 0 Å². The van der Waals surface area contributed by atoms with Crippen molar-refractivity contribution in [1.29, 1.82) is 0 Å². The highest BCUT2D eigenvalue weighted by Crippen LogP contribution is 2.15. The van der Waals surface area contributed by atoms with Crippen molar-refractivity contribution in [1.82, 2.24) is 19.7 Å². The number of carbonyl (C=O) groups excluding carboxylic acids is 2. The summed E-state index contributed by atoms with van der Waals surface area (Å²) in [6, 6.07) is 14.3. The lowest BCUT2D eigenvalue weighted by atomic mass is 10.2. The highest BCUT2D eigenvalue weighted by molar-refractivity contribution is 6.02. The van der Waals surface area contributed by atoms with Crippen LogP contribution < -0.4 is 10.6 Å². The summed E-state index contributed by atoms with van der Waals surface area (Å²) in [4.78, 5) is 24.6. The zero-order valence-corrected chi connectivity index (χ0v) is 15.7. The normalized spacial score (nSPS) is 10.7. The van der Waals surface area contributed by atoms with Gasteiger partial charge in [0.05, 0.1) is 12.5 Å². The second-order valence-electron chi connectivity index (χ2n) is 6.41. The summed E-state index contributed by atoms with van der Waals surface area (Å²) in [6.07, 6.45) is 6.73. The van der Waals surface area contributed by atoms with Crippen molar-refractivity contribution in [3.63, 3.8) is 0 Å². The number of aryl methyl sites for hydroxylation is 1. The van der Waals surface area contributed by atoms with Crippen LogP contribution in [0.4, 0.5) is 5.69 Å². The number of hydrogen-bond acceptors (Lipinski definition) is 4. The van der Waals surface area contributed by atoms with E-state index in [0.717, 1.165) is 5.56 Å². The first-order chi connectivity index (χ1) is 14.1. The molecule has 8 nitrogen and oxygen atoms in total. The number of anilines is 1. The van der Waals surface area contributed by atoms with Gasteiger partial charge in [-0.05, 0) is 42.0 Å². The molecule has 2 amide bonds. The third-order valence-corrected chi connectivity index (χ3v) is 4.41. The van der Waals surface area contributed by atoms with Crippen LogP contribution in [0, 0.1) is 0 Å². The Morgan fingerprint density at radius 3 is 2.48 bits per heavy atom. The molecule has 3 heterocycles. The largest absolute Gasteiger partial charge is 0.459 e. The summed E-state index contributed by atoms with van der Waals surface area (Å²) >= 11 is 0. The van der Waals surface area contributed by atoms with Crippen molar-refractivity contribution in [3.8, 4) is 5.82 Å². The Morgan fingerprint density at radius 1 is 1.03 bits per heavy atom. The van der Waals surface area contributed by atoms with Crippen LogP contribution in [0.1, 0.15) is 26.5 Å². The molecule has 0 aliphatic carbocycles. The number of carbonyl (C=O) groups is 2. The van der Waals surface area contributed by atoms with Crippen LogP contribution in [-0.2, 0) is 13.6 Å². The summed E-state index contributed by atoms with van der Waals surface area (Å²) in [5, 5.41) is 9.86. The SMILES string of the molecule is Cn1ncc(C(=O)NCc2ccc(NC(=O)c3ccco3)cc2)c1-n1cccc1. The van der Waals surface area contributed by atoms with Gasteiger partial charge in [-0.25, -0.2) is 0 Å². The minimum Gasteiger partial charge on any atom is -0.459 e. The van der Waals surface area contributed by atoms with Crippen molar-refractivity contribution in [2.75, 3.05) is 5.32 Å². The molecule has 0 radical (unpaired) electrons. The Bertz CT molecular complexity index is 1110. The average molecular weight is 389 g/mol. The maximum absolute atomic E-state index is 12.6. The predicted molar refractivity (Wildman–Crippen MR) is 107 cm³/mol. The van der Waals surface area contributed by atoms with Gasteiger partial charge in [0.1, 0.15) is 11.4 Å². The minimum atomic E-state index is -0.315. The number of amides is 2. The second kappa shape index (κ2) is 7.89. The molecule has 0 aliphatic heterocycles. The van der Waals surface area contributed by atoms with Gasteiger partial charge >= 0.3 is 0 Å². The van der Waals surface area contributed by atoms with Crippen LogP contribution >= 0.6 is 0 Å². The van der Waals surface area contributed by atoms with Gasteiger partial charge in [-0.15, -0.1) is 0 Å². The summed E-state index contributed by atoms with van der Waals surface area (Å²) in [6.45, 7) is 0.352. The van der Waals surface area contributed by atoms with E-state index >= 15 is 0 Å². The Labute approximate surface area is 166 Å². The van der Waals surface area contributed by atoms with Crippen molar-refractivity contribution in [3.05, 3.63) is 90.3 Å². The van der Waals surface area contributed by atoms with E-state index in [0.29, 0.717) is 23.6 Å². The predicted octanol–water partition coefficient (Wildman–Crippen LogP) is 2.99. The van der Waals surface area contributed by atoms with Gasteiger partial charge in [0.2, 0.25) is 0 Å². The summed E-state index contributed by atoms with van der Waals surface area (Å²) in [5.41, 5.74) is 2.04. The first-order valence-electron chi connectivity index (χ1n) is 8.99. The van der Waals surface area contributed by atoms with Crippen molar-refractivity contribution in [2.24, 2.45) is 7.05 Å². The van der Waals surface area contributed by atoms with Gasteiger partial charge in [0.25, 0.3) is 11.8 Å². The Morgan fingerprint density at radius 2 is 1.79 bits per heavy atom. The number of rotatable bonds is 6. The molecule has 0 saturated heterocycles. The molecule has 0 aliphatic rings. The molecule has 2 N–H and O–H groups in total. The lowest BCUT2D eigenvalue weighted by molar-refractivity contribution is 0.0949. The quantitative estimate of drug-likeness (QED) is 0.530. The molecule has 4 aromatic rings. The van der Waals surface area contributed by atoms with Crippen LogP contribution in [0.2, 0.25) is 0 Å². The number of nitrogens with zero attached hydrogens (tertiary/aromatic N) is 3. The molecule has 3 aromatic heterocycles. The van der Waals surface area contributed by atoms with E-state index in [-0.39, 0.29) is 17.6 Å². The second-order valence-corrected chi connectivity index (χ2v) is 6.41. The van der Waals surface area contributed by atoms with Gasteiger partial charge in [0.15, 0.2) is 5.76 Å². The Balaban J connectivity index is 1.38. The van der Waals surface area contributed by atoms with E-state index in [1.165, 1.54) is 6.26 Å². The van der Waals surface area contributed by atoms with E-state index in [4.69, 9.17) is 4.42 Å². The number of nitrogens with one attached hydrogen (secondary N) is 2. The van der Waals surface area contributed by atoms with Gasteiger partial charge < -0.3 is 19.6 Å². The van der Waals surface area contributed by atoms with Gasteiger partial charge in [0, 0.05) is 31.7 Å².